The van der Waals surface area contributed by atoms with E-state index >= 15 is 0 Å². The van der Waals surface area contributed by atoms with Gasteiger partial charge in [-0.05, 0) is 37.8 Å². The first-order valence-electron chi connectivity index (χ1n) is 6.24. The molecule has 1 aromatic heterocycles. The first kappa shape index (κ1) is 13.5. The Kier molecular flexibility index (Phi) is 4.11. The van der Waals surface area contributed by atoms with Crippen LogP contribution in [0.1, 0.15) is 46.5 Å². The van der Waals surface area contributed by atoms with Crippen molar-refractivity contribution in [2.24, 2.45) is 0 Å². The minimum Gasteiger partial charge on any atom is -0.477 e. The van der Waals surface area contributed by atoms with Crippen LogP contribution in [-0.4, -0.2) is 39.2 Å². The van der Waals surface area contributed by atoms with Gasteiger partial charge in [-0.15, -0.1) is 0 Å². The summed E-state index contributed by atoms with van der Waals surface area (Å²) in [5.41, 5.74) is 0.144. The second-order valence-electron chi connectivity index (χ2n) is 4.71. The van der Waals surface area contributed by atoms with E-state index in [9.17, 15) is 14.7 Å². The lowest BCUT2D eigenvalue weighted by Gasteiger charge is -2.26. The lowest BCUT2D eigenvalue weighted by molar-refractivity contribution is 0.0690. The number of rotatable bonds is 3. The molecular formula is C13H16N2O4. The van der Waals surface area contributed by atoms with E-state index in [0.29, 0.717) is 18.4 Å². The van der Waals surface area contributed by atoms with Gasteiger partial charge in [0.25, 0.3) is 5.91 Å². The molecule has 19 heavy (non-hydrogen) atoms. The summed E-state index contributed by atoms with van der Waals surface area (Å²) in [5, 5.41) is 21.1. The molecule has 0 aliphatic heterocycles. The molecule has 0 unspecified atom stereocenters. The van der Waals surface area contributed by atoms with Gasteiger partial charge in [-0.3, -0.25) is 4.79 Å². The molecule has 1 fully saturated rings. The Morgan fingerprint density at radius 2 is 1.95 bits per heavy atom. The number of nitrogens with zero attached hydrogens (tertiary/aromatic N) is 1. The summed E-state index contributed by atoms with van der Waals surface area (Å²) in [5.74, 6) is -1.46. The highest BCUT2D eigenvalue weighted by Gasteiger charge is 2.21. The molecule has 3 N–H and O–H groups in total. The summed E-state index contributed by atoms with van der Waals surface area (Å²) in [6.45, 7) is 0. The fraction of sp³-hybridized carbons (Fsp3) is 0.462. The van der Waals surface area contributed by atoms with Gasteiger partial charge in [0.15, 0.2) is 0 Å². The van der Waals surface area contributed by atoms with Crippen LogP contribution in [0.25, 0.3) is 0 Å². The number of carbonyl (C=O) groups excluding carboxylic acids is 1. The number of carboxylic acids is 1. The first-order valence-corrected chi connectivity index (χ1v) is 6.24. The molecule has 1 aliphatic rings. The third kappa shape index (κ3) is 3.51. The number of aromatic nitrogens is 1. The zero-order valence-electron chi connectivity index (χ0n) is 10.4. The van der Waals surface area contributed by atoms with Crippen molar-refractivity contribution in [3.63, 3.8) is 0 Å². The van der Waals surface area contributed by atoms with Gasteiger partial charge in [0.05, 0.1) is 6.10 Å². The van der Waals surface area contributed by atoms with Crippen LogP contribution in [-0.2, 0) is 0 Å². The molecule has 1 aromatic rings. The van der Waals surface area contributed by atoms with Crippen molar-refractivity contribution in [2.45, 2.75) is 37.8 Å². The molecule has 0 bridgehead atoms. The van der Waals surface area contributed by atoms with Crippen LogP contribution in [0.2, 0.25) is 0 Å². The van der Waals surface area contributed by atoms with Crippen LogP contribution in [0.4, 0.5) is 0 Å². The Balaban J connectivity index is 2.00. The fourth-order valence-corrected chi connectivity index (χ4v) is 2.18. The normalized spacial score (nSPS) is 22.8. The second kappa shape index (κ2) is 5.79. The van der Waals surface area contributed by atoms with Crippen LogP contribution < -0.4 is 5.32 Å². The average Bonchev–Trinajstić information content (AvgIpc) is 2.41. The number of aromatic carboxylic acids is 1. The topological polar surface area (TPSA) is 99.5 Å². The van der Waals surface area contributed by atoms with Crippen molar-refractivity contribution in [1.82, 2.24) is 10.3 Å². The quantitative estimate of drug-likeness (QED) is 0.750. The van der Waals surface area contributed by atoms with Crippen LogP contribution >= 0.6 is 0 Å². The molecule has 1 heterocycles. The fourth-order valence-electron chi connectivity index (χ4n) is 2.18. The number of carboxylic acid groups (broad SMARTS) is 1. The zero-order chi connectivity index (χ0) is 13.8. The molecular weight excluding hydrogens is 248 g/mol. The molecule has 0 radical (unpaired) electrons. The standard InChI is InChI=1S/C13H16N2O4/c16-10-3-1-9(2-4-10)15-12(17)8-5-6-14-11(7-8)13(18)19/h5-7,9-10,16H,1-4H2,(H,15,17)(H,18,19). The van der Waals surface area contributed by atoms with E-state index in [1.54, 1.807) is 0 Å². The van der Waals surface area contributed by atoms with E-state index in [1.807, 2.05) is 0 Å². The Morgan fingerprint density at radius 1 is 1.26 bits per heavy atom. The number of amides is 1. The monoisotopic (exact) mass is 264 g/mol. The third-order valence-corrected chi connectivity index (χ3v) is 3.27. The predicted molar refractivity (Wildman–Crippen MR) is 66.9 cm³/mol. The summed E-state index contributed by atoms with van der Waals surface area (Å²) in [6, 6.07) is 2.78. The molecule has 2 rings (SSSR count). The molecule has 0 saturated heterocycles. The van der Waals surface area contributed by atoms with Crippen molar-refractivity contribution in [3.05, 3.63) is 29.6 Å². The van der Waals surface area contributed by atoms with Gasteiger partial charge in [-0.25, -0.2) is 9.78 Å². The number of aliphatic hydroxyl groups is 1. The molecule has 0 spiro atoms. The Morgan fingerprint density at radius 3 is 2.58 bits per heavy atom. The number of pyridine rings is 1. The smallest absolute Gasteiger partial charge is 0.354 e. The van der Waals surface area contributed by atoms with E-state index in [0.717, 1.165) is 12.8 Å². The second-order valence-corrected chi connectivity index (χ2v) is 4.71. The predicted octanol–water partition coefficient (Wildman–Crippen LogP) is 0.813. The maximum atomic E-state index is 12.0. The highest BCUT2D eigenvalue weighted by molar-refractivity contribution is 5.96. The number of carbonyl (C=O) groups is 2. The largest absolute Gasteiger partial charge is 0.477 e. The molecule has 6 nitrogen and oxygen atoms in total. The lowest BCUT2D eigenvalue weighted by Crippen LogP contribution is -2.38. The Bertz CT molecular complexity index is 481. The van der Waals surface area contributed by atoms with Crippen LogP contribution in [0.3, 0.4) is 0 Å². The van der Waals surface area contributed by atoms with Crippen molar-refractivity contribution in [2.75, 3.05) is 0 Å². The van der Waals surface area contributed by atoms with E-state index < -0.39 is 5.97 Å². The van der Waals surface area contributed by atoms with Crippen molar-refractivity contribution >= 4 is 11.9 Å². The summed E-state index contributed by atoms with van der Waals surface area (Å²) < 4.78 is 0. The minimum atomic E-state index is -1.16. The Hall–Kier alpha value is -1.95. The zero-order valence-corrected chi connectivity index (χ0v) is 10.4. The van der Waals surface area contributed by atoms with Gasteiger partial charge in [0, 0.05) is 17.8 Å². The maximum absolute atomic E-state index is 12.0. The van der Waals surface area contributed by atoms with Crippen LogP contribution in [0.5, 0.6) is 0 Å². The maximum Gasteiger partial charge on any atom is 0.354 e. The SMILES string of the molecule is O=C(NC1CCC(O)CC1)c1ccnc(C(=O)O)c1. The van der Waals surface area contributed by atoms with Crippen LogP contribution in [0.15, 0.2) is 18.3 Å². The third-order valence-electron chi connectivity index (χ3n) is 3.27. The summed E-state index contributed by atoms with van der Waals surface area (Å²) in [4.78, 5) is 26.4. The lowest BCUT2D eigenvalue weighted by atomic mass is 9.93. The molecule has 1 aliphatic carbocycles. The van der Waals surface area contributed by atoms with Crippen molar-refractivity contribution in [1.29, 1.82) is 0 Å². The Labute approximate surface area is 110 Å². The minimum absolute atomic E-state index is 0.0392. The number of hydrogen-bond acceptors (Lipinski definition) is 4. The van der Waals surface area contributed by atoms with Crippen molar-refractivity contribution in [3.8, 4) is 0 Å². The summed E-state index contributed by atoms with van der Waals surface area (Å²) in [7, 11) is 0. The number of hydrogen-bond donors (Lipinski definition) is 3. The van der Waals surface area contributed by atoms with Crippen molar-refractivity contribution < 1.29 is 19.8 Å². The number of aliphatic hydroxyl groups excluding tert-OH is 1. The van der Waals surface area contributed by atoms with Crippen LogP contribution in [0, 0.1) is 0 Å². The molecule has 1 amide bonds. The molecule has 0 atom stereocenters. The highest BCUT2D eigenvalue weighted by atomic mass is 16.4. The number of nitrogens with one attached hydrogen (secondary N) is 1. The molecule has 0 aromatic carbocycles. The van der Waals surface area contributed by atoms with Gasteiger partial charge in [0.1, 0.15) is 5.69 Å². The van der Waals surface area contributed by atoms with E-state index in [2.05, 4.69) is 10.3 Å². The van der Waals surface area contributed by atoms with E-state index in [1.165, 1.54) is 18.3 Å². The first-order chi connectivity index (χ1) is 9.06. The van der Waals surface area contributed by atoms with Gasteiger partial charge >= 0.3 is 5.97 Å². The van der Waals surface area contributed by atoms with E-state index in [-0.39, 0.29) is 23.7 Å². The average molecular weight is 264 g/mol. The molecule has 102 valence electrons. The van der Waals surface area contributed by atoms with Gasteiger partial charge in [-0.1, -0.05) is 0 Å². The summed E-state index contributed by atoms with van der Waals surface area (Å²) in [6.07, 6.45) is 3.88. The summed E-state index contributed by atoms with van der Waals surface area (Å²) >= 11 is 0. The molecule has 6 heteroatoms. The van der Waals surface area contributed by atoms with Gasteiger partial charge in [0.2, 0.25) is 0 Å². The molecule has 1 saturated carbocycles. The van der Waals surface area contributed by atoms with E-state index in [4.69, 9.17) is 5.11 Å². The highest BCUT2D eigenvalue weighted by Crippen LogP contribution is 2.18. The van der Waals surface area contributed by atoms with Gasteiger partial charge < -0.3 is 15.5 Å². The van der Waals surface area contributed by atoms with Gasteiger partial charge in [-0.2, -0.15) is 0 Å².